The number of benzene rings is 2. The minimum Gasteiger partial charge on any atom is -0.497 e. The van der Waals surface area contributed by atoms with Gasteiger partial charge >= 0.3 is 0 Å². The molecule has 0 radical (unpaired) electrons. The zero-order valence-electron chi connectivity index (χ0n) is 14.2. The third-order valence-corrected chi connectivity index (χ3v) is 4.19. The second-order valence-corrected chi connectivity index (χ2v) is 6.09. The maximum Gasteiger partial charge on any atom is 0.162 e. The number of methoxy groups -OCH3 is 1. The maximum atomic E-state index is 10.3. The lowest BCUT2D eigenvalue weighted by atomic mass is 10.1. The van der Waals surface area contributed by atoms with Gasteiger partial charge in [-0.3, -0.25) is 0 Å². The van der Waals surface area contributed by atoms with E-state index in [0.29, 0.717) is 12.6 Å². The maximum absolute atomic E-state index is 10.3. The van der Waals surface area contributed by atoms with Gasteiger partial charge in [-0.1, -0.05) is 30.3 Å². The van der Waals surface area contributed by atoms with Crippen molar-refractivity contribution >= 4 is 0 Å². The first-order valence-electron chi connectivity index (χ1n) is 8.10. The average Bonchev–Trinajstić information content (AvgIpc) is 2.59. The Morgan fingerprint density at radius 2 is 1.61 bits per heavy atom. The minimum atomic E-state index is -0.426. The molecule has 0 aliphatic carbocycles. The summed E-state index contributed by atoms with van der Waals surface area (Å²) in [5.41, 5.74) is 2.26. The van der Waals surface area contributed by atoms with E-state index in [0.717, 1.165) is 17.9 Å². The normalized spacial score (nSPS) is 13.8. The Balaban J connectivity index is 1.92. The fourth-order valence-electron chi connectivity index (χ4n) is 2.77. The molecule has 2 atom stereocenters. The van der Waals surface area contributed by atoms with E-state index in [4.69, 9.17) is 4.74 Å². The molecule has 2 aromatic rings. The van der Waals surface area contributed by atoms with E-state index in [1.165, 1.54) is 10.5 Å². The molecule has 0 saturated carbocycles. The standard InChI is InChI=1S/C19H26N2O2/c1-21(2)18(15-9-11-17(23-3)12-10-15)13-20-14-19(22)16-7-5-4-6-8-16/h4-12,18-20,22H,13-14H2,1-3H3/p+2/t18-,19-/m0/s1. The summed E-state index contributed by atoms with van der Waals surface area (Å²) in [6.07, 6.45) is -0.426. The number of hydrogen-bond acceptors (Lipinski definition) is 2. The predicted octanol–water partition coefficient (Wildman–Crippen LogP) is 0.178. The van der Waals surface area contributed by atoms with Gasteiger partial charge in [-0.2, -0.15) is 0 Å². The van der Waals surface area contributed by atoms with Crippen LogP contribution in [0.2, 0.25) is 0 Å². The number of aliphatic hydroxyl groups excluding tert-OH is 1. The van der Waals surface area contributed by atoms with Gasteiger partial charge in [0.25, 0.3) is 0 Å². The largest absolute Gasteiger partial charge is 0.497 e. The Bertz CT molecular complexity index is 570. The molecule has 0 aromatic heterocycles. The molecule has 2 aromatic carbocycles. The Morgan fingerprint density at radius 3 is 2.17 bits per heavy atom. The predicted molar refractivity (Wildman–Crippen MR) is 91.6 cm³/mol. The van der Waals surface area contributed by atoms with Crippen molar-refractivity contribution in [1.29, 1.82) is 0 Å². The number of nitrogens with one attached hydrogen (secondary N) is 1. The SMILES string of the molecule is COc1ccc([C@H](C[NH2+]C[C@H](O)c2ccccc2)[NH+](C)C)cc1. The third kappa shape index (κ3) is 5.06. The van der Waals surface area contributed by atoms with Gasteiger partial charge in [0.2, 0.25) is 0 Å². The van der Waals surface area contributed by atoms with Gasteiger partial charge in [-0.05, 0) is 29.8 Å². The Hall–Kier alpha value is -1.88. The van der Waals surface area contributed by atoms with Crippen LogP contribution in [0.1, 0.15) is 23.3 Å². The molecule has 124 valence electrons. The highest BCUT2D eigenvalue weighted by Gasteiger charge is 2.20. The van der Waals surface area contributed by atoms with Crippen molar-refractivity contribution in [1.82, 2.24) is 0 Å². The molecule has 0 spiro atoms. The lowest BCUT2D eigenvalue weighted by Crippen LogP contribution is -3.09. The number of ether oxygens (including phenoxy) is 1. The molecule has 0 unspecified atom stereocenters. The van der Waals surface area contributed by atoms with Gasteiger partial charge in [0.05, 0.1) is 21.2 Å². The van der Waals surface area contributed by atoms with Crippen molar-refractivity contribution in [3.05, 3.63) is 65.7 Å². The highest BCUT2D eigenvalue weighted by molar-refractivity contribution is 5.28. The van der Waals surface area contributed by atoms with E-state index in [9.17, 15) is 5.11 Å². The molecule has 0 aliphatic rings. The highest BCUT2D eigenvalue weighted by atomic mass is 16.5. The molecule has 0 heterocycles. The molecule has 0 aliphatic heterocycles. The number of hydrogen-bond donors (Lipinski definition) is 3. The van der Waals surface area contributed by atoms with Crippen molar-refractivity contribution in [2.24, 2.45) is 0 Å². The van der Waals surface area contributed by atoms with Crippen LogP contribution in [0.3, 0.4) is 0 Å². The third-order valence-electron chi connectivity index (χ3n) is 4.19. The minimum absolute atomic E-state index is 0.379. The zero-order chi connectivity index (χ0) is 16.7. The van der Waals surface area contributed by atoms with Crippen LogP contribution in [0.4, 0.5) is 0 Å². The zero-order valence-corrected chi connectivity index (χ0v) is 14.2. The Labute approximate surface area is 138 Å². The van der Waals surface area contributed by atoms with E-state index >= 15 is 0 Å². The van der Waals surface area contributed by atoms with Gasteiger partial charge < -0.3 is 20.1 Å². The van der Waals surface area contributed by atoms with E-state index in [-0.39, 0.29) is 0 Å². The van der Waals surface area contributed by atoms with Crippen molar-refractivity contribution in [2.45, 2.75) is 12.1 Å². The van der Waals surface area contributed by atoms with E-state index < -0.39 is 6.10 Å². The van der Waals surface area contributed by atoms with Gasteiger partial charge in [-0.25, -0.2) is 0 Å². The van der Waals surface area contributed by atoms with E-state index in [1.807, 2.05) is 42.5 Å². The molecule has 0 bridgehead atoms. The first-order valence-corrected chi connectivity index (χ1v) is 8.10. The summed E-state index contributed by atoms with van der Waals surface area (Å²) < 4.78 is 5.22. The van der Waals surface area contributed by atoms with E-state index in [2.05, 4.69) is 31.5 Å². The summed E-state index contributed by atoms with van der Waals surface area (Å²) >= 11 is 0. The van der Waals surface area contributed by atoms with Crippen LogP contribution in [-0.2, 0) is 0 Å². The molecule has 0 amide bonds. The van der Waals surface area contributed by atoms with Crippen molar-refractivity contribution < 1.29 is 20.1 Å². The molecular weight excluding hydrogens is 288 g/mol. The summed E-state index contributed by atoms with van der Waals surface area (Å²) in [5.74, 6) is 0.879. The molecule has 4 heteroatoms. The molecule has 4 N–H and O–H groups in total. The summed E-state index contributed by atoms with van der Waals surface area (Å²) in [6, 6.07) is 18.5. The topological polar surface area (TPSA) is 50.5 Å². The van der Waals surface area contributed by atoms with Crippen molar-refractivity contribution in [2.75, 3.05) is 34.3 Å². The molecule has 0 fully saturated rings. The van der Waals surface area contributed by atoms with Gasteiger partial charge in [0, 0.05) is 5.56 Å². The molecule has 4 nitrogen and oxygen atoms in total. The highest BCUT2D eigenvalue weighted by Crippen LogP contribution is 2.15. The number of rotatable bonds is 8. The number of likely N-dealkylation sites (N-methyl/N-ethyl adjacent to an activating group) is 1. The van der Waals surface area contributed by atoms with Gasteiger partial charge in [0.15, 0.2) is 6.04 Å². The second kappa shape index (κ2) is 8.67. The number of quaternary nitrogens is 2. The summed E-state index contributed by atoms with van der Waals surface area (Å²) in [6.45, 7) is 1.60. The van der Waals surface area contributed by atoms with Crippen LogP contribution in [0, 0.1) is 0 Å². The van der Waals surface area contributed by atoms with Gasteiger partial charge in [0.1, 0.15) is 24.9 Å². The molecule has 2 rings (SSSR count). The van der Waals surface area contributed by atoms with Crippen LogP contribution >= 0.6 is 0 Å². The first kappa shape index (κ1) is 17.5. The lowest BCUT2D eigenvalue weighted by molar-refractivity contribution is -0.909. The van der Waals surface area contributed by atoms with Crippen LogP contribution in [-0.4, -0.2) is 39.4 Å². The van der Waals surface area contributed by atoms with Crippen LogP contribution in [0.15, 0.2) is 54.6 Å². The smallest absolute Gasteiger partial charge is 0.162 e. The summed E-state index contributed by atoms with van der Waals surface area (Å²) in [4.78, 5) is 1.38. The fourth-order valence-corrected chi connectivity index (χ4v) is 2.77. The number of aliphatic hydroxyl groups is 1. The first-order chi connectivity index (χ1) is 11.1. The average molecular weight is 316 g/mol. The summed E-state index contributed by atoms with van der Waals surface area (Å²) in [7, 11) is 6.01. The monoisotopic (exact) mass is 316 g/mol. The molecule has 0 saturated heterocycles. The lowest BCUT2D eigenvalue weighted by Gasteiger charge is -2.21. The quantitative estimate of drug-likeness (QED) is 0.651. The van der Waals surface area contributed by atoms with Crippen LogP contribution in [0.5, 0.6) is 5.75 Å². The van der Waals surface area contributed by atoms with Crippen LogP contribution < -0.4 is 15.0 Å². The second-order valence-electron chi connectivity index (χ2n) is 6.09. The number of nitrogens with two attached hydrogens (primary N) is 1. The van der Waals surface area contributed by atoms with Crippen molar-refractivity contribution in [3.63, 3.8) is 0 Å². The molecular formula is C19H28N2O2+2. The van der Waals surface area contributed by atoms with Crippen molar-refractivity contribution in [3.8, 4) is 5.75 Å². The Morgan fingerprint density at radius 1 is 0.957 bits per heavy atom. The van der Waals surface area contributed by atoms with Crippen LogP contribution in [0.25, 0.3) is 0 Å². The van der Waals surface area contributed by atoms with E-state index in [1.54, 1.807) is 7.11 Å². The summed E-state index contributed by atoms with van der Waals surface area (Å²) in [5, 5.41) is 12.5. The fraction of sp³-hybridized carbons (Fsp3) is 0.368. The molecule has 23 heavy (non-hydrogen) atoms. The van der Waals surface area contributed by atoms with Gasteiger partial charge in [-0.15, -0.1) is 0 Å². The Kier molecular flexibility index (Phi) is 6.59.